The largest absolute Gasteiger partial charge is 0.466 e. The molecule has 1 atom stereocenters. The predicted octanol–water partition coefficient (Wildman–Crippen LogP) is 2.03. The molecular weight excluding hydrogens is 368 g/mol. The first kappa shape index (κ1) is 18.5. The van der Waals surface area contributed by atoms with Crippen LogP contribution in [0.2, 0.25) is 0 Å². The Morgan fingerprint density at radius 2 is 1.85 bits per heavy atom. The van der Waals surface area contributed by atoms with Crippen molar-refractivity contribution in [2.75, 3.05) is 14.2 Å². The molecule has 2 heterocycles. The molecule has 1 aromatic carbocycles. The Bertz CT molecular complexity index is 957. The molecule has 0 saturated carbocycles. The summed E-state index contributed by atoms with van der Waals surface area (Å²) in [6, 6.07) is 8.03. The number of carbonyl (C=O) groups excluding carboxylic acids is 2. The fourth-order valence-electron chi connectivity index (χ4n) is 2.95. The van der Waals surface area contributed by atoms with Crippen molar-refractivity contribution in [2.24, 2.45) is 10.7 Å². The van der Waals surface area contributed by atoms with E-state index in [1.54, 1.807) is 36.1 Å². The van der Waals surface area contributed by atoms with Gasteiger partial charge in [-0.2, -0.15) is 5.26 Å². The Labute approximate surface area is 159 Å². The maximum Gasteiger partial charge on any atom is 0.338 e. The van der Waals surface area contributed by atoms with Gasteiger partial charge in [0.1, 0.15) is 16.8 Å². The number of methoxy groups -OCH3 is 2. The molecule has 0 saturated heterocycles. The fourth-order valence-corrected chi connectivity index (χ4v) is 3.86. The van der Waals surface area contributed by atoms with Crippen LogP contribution < -0.4 is 5.73 Å². The minimum atomic E-state index is -0.630. The number of carbonyl (C=O) groups is 2. The third-order valence-electron chi connectivity index (χ3n) is 4.23. The van der Waals surface area contributed by atoms with Crippen LogP contribution in [0, 0.1) is 11.3 Å². The van der Waals surface area contributed by atoms with Crippen LogP contribution in [0.1, 0.15) is 28.9 Å². The summed E-state index contributed by atoms with van der Waals surface area (Å²) in [5.41, 5.74) is 8.02. The zero-order chi connectivity index (χ0) is 19.7. The van der Waals surface area contributed by atoms with E-state index in [2.05, 4.69) is 4.99 Å². The molecule has 0 fully saturated rings. The maximum atomic E-state index is 12.4. The van der Waals surface area contributed by atoms with Crippen molar-refractivity contribution in [3.8, 4) is 6.07 Å². The number of benzene rings is 1. The number of hydrogen-bond donors (Lipinski definition) is 1. The molecule has 3 rings (SSSR count). The second-order valence-electron chi connectivity index (χ2n) is 5.70. The maximum absolute atomic E-state index is 12.4. The number of nitriles is 1. The molecule has 0 spiro atoms. The Balaban J connectivity index is 2.14. The number of rotatable bonds is 3. The number of esters is 2. The third-order valence-corrected chi connectivity index (χ3v) is 5.21. The summed E-state index contributed by atoms with van der Waals surface area (Å²) in [7, 11) is 2.59. The van der Waals surface area contributed by atoms with E-state index in [-0.39, 0.29) is 5.82 Å². The number of hydrogen-bond acceptors (Lipinski definition) is 9. The Hall–Kier alpha value is -3.25. The minimum Gasteiger partial charge on any atom is -0.466 e. The number of nitrogens with zero attached hydrogens (tertiary/aromatic N) is 3. The lowest BCUT2D eigenvalue weighted by atomic mass is 9.94. The van der Waals surface area contributed by atoms with Gasteiger partial charge in [-0.15, -0.1) is 0 Å². The van der Waals surface area contributed by atoms with E-state index in [0.29, 0.717) is 32.5 Å². The van der Waals surface area contributed by atoms with E-state index in [4.69, 9.17) is 15.2 Å². The van der Waals surface area contributed by atoms with E-state index < -0.39 is 18.0 Å². The zero-order valence-corrected chi connectivity index (χ0v) is 15.7. The van der Waals surface area contributed by atoms with Gasteiger partial charge in [-0.25, -0.2) is 14.6 Å². The molecule has 9 heteroatoms. The van der Waals surface area contributed by atoms with Crippen molar-refractivity contribution in [1.82, 2.24) is 4.90 Å². The summed E-state index contributed by atoms with van der Waals surface area (Å²) < 4.78 is 9.64. The summed E-state index contributed by atoms with van der Waals surface area (Å²) in [4.78, 5) is 30.5. The Kier molecular flexibility index (Phi) is 4.92. The summed E-state index contributed by atoms with van der Waals surface area (Å²) in [6.07, 6.45) is 0. The van der Waals surface area contributed by atoms with Crippen LogP contribution in [0.4, 0.5) is 0 Å². The molecule has 138 valence electrons. The molecule has 27 heavy (non-hydrogen) atoms. The lowest BCUT2D eigenvalue weighted by Gasteiger charge is -2.34. The SMILES string of the molecule is COC(=O)C1=C(C)N=C2SC(C#N)=C(N)N2[C@@H]1c1ccc(C(=O)OC)cc1. The van der Waals surface area contributed by atoms with Crippen LogP contribution in [0.15, 0.2) is 51.3 Å². The van der Waals surface area contributed by atoms with Crippen molar-refractivity contribution in [3.63, 3.8) is 0 Å². The lowest BCUT2D eigenvalue weighted by Crippen LogP contribution is -2.38. The fraction of sp³-hybridized carbons (Fsp3) is 0.222. The van der Waals surface area contributed by atoms with Crippen LogP contribution in [0.5, 0.6) is 0 Å². The van der Waals surface area contributed by atoms with Crippen molar-refractivity contribution >= 4 is 28.9 Å². The van der Waals surface area contributed by atoms with Crippen molar-refractivity contribution in [1.29, 1.82) is 5.26 Å². The number of aliphatic imine (C=N–C) groups is 1. The number of allylic oxidation sites excluding steroid dienone is 2. The molecule has 2 N–H and O–H groups in total. The van der Waals surface area contributed by atoms with Crippen LogP contribution in [-0.4, -0.2) is 36.2 Å². The highest BCUT2D eigenvalue weighted by Crippen LogP contribution is 2.45. The summed E-state index contributed by atoms with van der Waals surface area (Å²) in [6.45, 7) is 1.70. The quantitative estimate of drug-likeness (QED) is 0.787. The number of amidine groups is 1. The second-order valence-corrected chi connectivity index (χ2v) is 6.68. The number of thioether (sulfide) groups is 1. The average Bonchev–Trinajstić information content (AvgIpc) is 3.01. The molecule has 8 nitrogen and oxygen atoms in total. The Morgan fingerprint density at radius 3 is 2.41 bits per heavy atom. The average molecular weight is 384 g/mol. The number of fused-ring (bicyclic) bond motifs is 1. The van der Waals surface area contributed by atoms with Gasteiger partial charge in [-0.3, -0.25) is 4.90 Å². The van der Waals surface area contributed by atoms with Gasteiger partial charge >= 0.3 is 11.9 Å². The van der Waals surface area contributed by atoms with Crippen LogP contribution in [-0.2, 0) is 14.3 Å². The van der Waals surface area contributed by atoms with Gasteiger partial charge in [0.2, 0.25) is 0 Å². The third kappa shape index (κ3) is 3.04. The van der Waals surface area contributed by atoms with Crippen molar-refractivity contribution < 1.29 is 19.1 Å². The van der Waals surface area contributed by atoms with Gasteiger partial charge in [0.05, 0.1) is 37.1 Å². The molecule has 0 unspecified atom stereocenters. The number of nitrogens with two attached hydrogens (primary N) is 1. The van der Waals surface area contributed by atoms with Crippen LogP contribution in [0.25, 0.3) is 0 Å². The van der Waals surface area contributed by atoms with Gasteiger partial charge in [0.25, 0.3) is 0 Å². The standard InChI is InChI=1S/C18H16N4O4S/c1-9-13(17(24)26-3)14(10-4-6-11(7-5-10)16(23)25-2)22-15(20)12(8-19)27-18(22)21-9/h4-7,14H,20H2,1-3H3/t14-/m1/s1. The van der Waals surface area contributed by atoms with Crippen LogP contribution >= 0.6 is 11.8 Å². The highest BCUT2D eigenvalue weighted by atomic mass is 32.2. The molecule has 0 amide bonds. The van der Waals surface area contributed by atoms with Gasteiger partial charge < -0.3 is 15.2 Å². The van der Waals surface area contributed by atoms with E-state index >= 15 is 0 Å². The second kappa shape index (κ2) is 7.17. The van der Waals surface area contributed by atoms with E-state index in [1.807, 2.05) is 6.07 Å². The molecule has 0 aliphatic carbocycles. The summed E-state index contributed by atoms with van der Waals surface area (Å²) in [5, 5.41) is 9.82. The number of ether oxygens (including phenoxy) is 2. The first-order chi connectivity index (χ1) is 12.9. The zero-order valence-electron chi connectivity index (χ0n) is 14.8. The molecule has 0 aromatic heterocycles. The van der Waals surface area contributed by atoms with Gasteiger partial charge in [-0.1, -0.05) is 12.1 Å². The molecule has 0 bridgehead atoms. The summed E-state index contributed by atoms with van der Waals surface area (Å²) in [5.74, 6) is -0.784. The molecule has 0 radical (unpaired) electrons. The van der Waals surface area contributed by atoms with Crippen LogP contribution in [0.3, 0.4) is 0 Å². The van der Waals surface area contributed by atoms with Gasteiger partial charge in [-0.05, 0) is 36.4 Å². The normalized spacial score (nSPS) is 18.7. The first-order valence-corrected chi connectivity index (χ1v) is 8.67. The lowest BCUT2D eigenvalue weighted by molar-refractivity contribution is -0.136. The highest BCUT2D eigenvalue weighted by molar-refractivity contribution is 8.17. The molecule has 2 aliphatic rings. The van der Waals surface area contributed by atoms with Crippen molar-refractivity contribution in [3.05, 3.63) is 57.4 Å². The smallest absolute Gasteiger partial charge is 0.338 e. The van der Waals surface area contributed by atoms with E-state index in [0.717, 1.165) is 11.8 Å². The predicted molar refractivity (Wildman–Crippen MR) is 98.9 cm³/mol. The van der Waals surface area contributed by atoms with Gasteiger partial charge in [0.15, 0.2) is 5.17 Å². The molecular formula is C18H16N4O4S. The molecule has 1 aromatic rings. The molecule has 2 aliphatic heterocycles. The summed E-state index contributed by atoms with van der Waals surface area (Å²) >= 11 is 1.15. The Morgan fingerprint density at radius 1 is 1.22 bits per heavy atom. The highest BCUT2D eigenvalue weighted by Gasteiger charge is 2.42. The minimum absolute atomic E-state index is 0.220. The van der Waals surface area contributed by atoms with Crippen molar-refractivity contribution in [2.45, 2.75) is 13.0 Å². The topological polar surface area (TPSA) is 118 Å². The monoisotopic (exact) mass is 384 g/mol. The first-order valence-electron chi connectivity index (χ1n) is 7.85. The van der Waals surface area contributed by atoms with E-state index in [9.17, 15) is 14.9 Å². The van der Waals surface area contributed by atoms with E-state index in [1.165, 1.54) is 14.2 Å². The van der Waals surface area contributed by atoms with Gasteiger partial charge in [0, 0.05) is 0 Å².